The van der Waals surface area contributed by atoms with Crippen molar-refractivity contribution in [2.75, 3.05) is 19.6 Å². The van der Waals surface area contributed by atoms with Crippen molar-refractivity contribution < 1.29 is 4.79 Å². The van der Waals surface area contributed by atoms with E-state index in [1.807, 2.05) is 23.6 Å². The molecule has 1 aliphatic rings. The number of carbonyl (C=O) groups excluding carboxylic acids is 1. The summed E-state index contributed by atoms with van der Waals surface area (Å²) < 4.78 is 1.52. The Balaban J connectivity index is 1.41. The number of aryl methyl sites for hydroxylation is 1. The van der Waals surface area contributed by atoms with Crippen LogP contribution in [0.5, 0.6) is 0 Å². The zero-order valence-corrected chi connectivity index (χ0v) is 16.5. The van der Waals surface area contributed by atoms with Crippen LogP contribution in [0.1, 0.15) is 30.9 Å². The van der Waals surface area contributed by atoms with Crippen LogP contribution in [0.25, 0.3) is 10.2 Å². The van der Waals surface area contributed by atoms with Crippen molar-refractivity contribution in [3.05, 3.63) is 64.0 Å². The molecule has 1 amide bonds. The van der Waals surface area contributed by atoms with E-state index in [9.17, 15) is 9.59 Å². The van der Waals surface area contributed by atoms with Gasteiger partial charge in [-0.2, -0.15) is 0 Å². The Morgan fingerprint density at radius 1 is 1.18 bits per heavy atom. The first kappa shape index (κ1) is 18.8. The van der Waals surface area contributed by atoms with Gasteiger partial charge in [0.1, 0.15) is 4.83 Å². The van der Waals surface area contributed by atoms with Gasteiger partial charge in [-0.05, 0) is 42.9 Å². The van der Waals surface area contributed by atoms with E-state index in [0.717, 1.165) is 30.0 Å². The van der Waals surface area contributed by atoms with E-state index in [-0.39, 0.29) is 23.9 Å². The number of aromatic nitrogens is 2. The van der Waals surface area contributed by atoms with E-state index in [2.05, 4.69) is 27.3 Å². The molecule has 4 rings (SSSR count). The van der Waals surface area contributed by atoms with Crippen LogP contribution in [-0.2, 0) is 11.3 Å². The molecule has 1 N–H and O–H groups in total. The van der Waals surface area contributed by atoms with E-state index >= 15 is 0 Å². The zero-order chi connectivity index (χ0) is 19.3. The number of rotatable bonds is 7. The van der Waals surface area contributed by atoms with Crippen LogP contribution in [0, 0.1) is 0 Å². The monoisotopic (exact) mass is 396 g/mol. The van der Waals surface area contributed by atoms with Gasteiger partial charge in [-0.3, -0.25) is 14.2 Å². The Bertz CT molecular complexity index is 992. The standard InChI is InChI=1S/C21H24N4O2S/c26-19(8-12-25-15-22-20-17(21(25)27)9-13-28-20)23-18(14-24-10-4-5-11-24)16-6-2-1-3-7-16/h1-3,6-7,9,13,15,18H,4-5,8,10-12,14H2,(H,23,26). The summed E-state index contributed by atoms with van der Waals surface area (Å²) in [6, 6.07) is 11.8. The Morgan fingerprint density at radius 3 is 2.75 bits per heavy atom. The molecule has 0 aliphatic carbocycles. The van der Waals surface area contributed by atoms with Gasteiger partial charge >= 0.3 is 0 Å². The molecule has 1 unspecified atom stereocenters. The summed E-state index contributed by atoms with van der Waals surface area (Å²) in [5.41, 5.74) is 1.03. The molecule has 1 saturated heterocycles. The molecule has 1 atom stereocenters. The lowest BCUT2D eigenvalue weighted by molar-refractivity contribution is -0.122. The van der Waals surface area contributed by atoms with E-state index < -0.39 is 0 Å². The predicted molar refractivity (Wildman–Crippen MR) is 111 cm³/mol. The molecule has 146 valence electrons. The van der Waals surface area contributed by atoms with Crippen LogP contribution in [-0.4, -0.2) is 40.0 Å². The first-order chi connectivity index (χ1) is 13.7. The molecule has 0 radical (unpaired) electrons. The summed E-state index contributed by atoms with van der Waals surface area (Å²) in [7, 11) is 0. The van der Waals surface area contributed by atoms with Crippen molar-refractivity contribution in [2.45, 2.75) is 31.8 Å². The van der Waals surface area contributed by atoms with Gasteiger partial charge < -0.3 is 10.2 Å². The highest BCUT2D eigenvalue weighted by atomic mass is 32.1. The largest absolute Gasteiger partial charge is 0.348 e. The highest BCUT2D eigenvalue weighted by Gasteiger charge is 2.20. The van der Waals surface area contributed by atoms with Crippen molar-refractivity contribution in [2.24, 2.45) is 0 Å². The van der Waals surface area contributed by atoms with Crippen LogP contribution in [0.4, 0.5) is 0 Å². The second kappa shape index (κ2) is 8.67. The van der Waals surface area contributed by atoms with Crippen LogP contribution >= 0.6 is 11.3 Å². The smallest absolute Gasteiger partial charge is 0.262 e. The molecule has 3 aromatic rings. The van der Waals surface area contributed by atoms with E-state index in [0.29, 0.717) is 11.9 Å². The van der Waals surface area contributed by atoms with Gasteiger partial charge in [0.2, 0.25) is 5.91 Å². The van der Waals surface area contributed by atoms with Crippen molar-refractivity contribution in [3.8, 4) is 0 Å². The van der Waals surface area contributed by atoms with Gasteiger partial charge in [-0.15, -0.1) is 11.3 Å². The Kier molecular flexibility index (Phi) is 5.83. The fraction of sp³-hybridized carbons (Fsp3) is 0.381. The number of nitrogens with one attached hydrogen (secondary N) is 1. The van der Waals surface area contributed by atoms with Crippen LogP contribution < -0.4 is 10.9 Å². The summed E-state index contributed by atoms with van der Waals surface area (Å²) in [4.78, 5) is 32.5. The molecule has 6 nitrogen and oxygen atoms in total. The molecule has 1 aliphatic heterocycles. The topological polar surface area (TPSA) is 67.2 Å². The molecular formula is C21H24N4O2S. The summed E-state index contributed by atoms with van der Waals surface area (Å²) in [6.45, 7) is 3.31. The number of carbonyl (C=O) groups is 1. The Labute approximate surface area is 167 Å². The van der Waals surface area contributed by atoms with Gasteiger partial charge in [-0.25, -0.2) is 4.98 Å². The third-order valence-electron chi connectivity index (χ3n) is 5.21. The fourth-order valence-corrected chi connectivity index (χ4v) is 4.41. The van der Waals surface area contributed by atoms with Crippen molar-refractivity contribution >= 4 is 27.5 Å². The molecular weight excluding hydrogens is 372 g/mol. The van der Waals surface area contributed by atoms with Gasteiger partial charge in [0.05, 0.1) is 17.8 Å². The molecule has 0 bridgehead atoms. The molecule has 1 aromatic carbocycles. The maximum absolute atomic E-state index is 12.6. The molecule has 3 heterocycles. The van der Waals surface area contributed by atoms with Crippen molar-refractivity contribution in [3.63, 3.8) is 0 Å². The van der Waals surface area contributed by atoms with Crippen molar-refractivity contribution in [1.82, 2.24) is 19.8 Å². The third-order valence-corrected chi connectivity index (χ3v) is 6.03. The SMILES string of the molecule is O=C(CCn1cnc2sccc2c1=O)NC(CN1CCCC1)c1ccccc1. The first-order valence-corrected chi connectivity index (χ1v) is 10.6. The van der Waals surface area contributed by atoms with Gasteiger partial charge in [0.15, 0.2) is 0 Å². The van der Waals surface area contributed by atoms with Crippen LogP contribution in [0.3, 0.4) is 0 Å². The lowest BCUT2D eigenvalue weighted by atomic mass is 10.1. The highest BCUT2D eigenvalue weighted by molar-refractivity contribution is 7.16. The third kappa shape index (κ3) is 4.31. The lowest BCUT2D eigenvalue weighted by Gasteiger charge is -2.25. The number of likely N-dealkylation sites (tertiary alicyclic amines) is 1. The predicted octanol–water partition coefficient (Wildman–Crippen LogP) is 2.80. The van der Waals surface area contributed by atoms with E-state index in [4.69, 9.17) is 0 Å². The minimum atomic E-state index is -0.0873. The Hall–Kier alpha value is -2.51. The average molecular weight is 397 g/mol. The van der Waals surface area contributed by atoms with Gasteiger partial charge in [-0.1, -0.05) is 30.3 Å². The number of hydrogen-bond acceptors (Lipinski definition) is 5. The highest BCUT2D eigenvalue weighted by Crippen LogP contribution is 2.18. The molecule has 0 saturated carbocycles. The minimum Gasteiger partial charge on any atom is -0.348 e. The number of fused-ring (bicyclic) bond motifs is 1. The quantitative estimate of drug-likeness (QED) is 0.667. The summed E-state index contributed by atoms with van der Waals surface area (Å²) >= 11 is 1.45. The molecule has 7 heteroatoms. The van der Waals surface area contributed by atoms with Gasteiger partial charge in [0, 0.05) is 19.5 Å². The zero-order valence-electron chi connectivity index (χ0n) is 15.7. The van der Waals surface area contributed by atoms with E-state index in [1.165, 1.54) is 35.1 Å². The lowest BCUT2D eigenvalue weighted by Crippen LogP contribution is -2.37. The average Bonchev–Trinajstić information content (AvgIpc) is 3.40. The van der Waals surface area contributed by atoms with Crippen LogP contribution in [0.15, 0.2) is 52.9 Å². The van der Waals surface area contributed by atoms with Crippen LogP contribution in [0.2, 0.25) is 0 Å². The number of benzene rings is 1. The Morgan fingerprint density at radius 2 is 1.96 bits per heavy atom. The van der Waals surface area contributed by atoms with Gasteiger partial charge in [0.25, 0.3) is 5.56 Å². The number of amides is 1. The second-order valence-electron chi connectivity index (χ2n) is 7.17. The second-order valence-corrected chi connectivity index (χ2v) is 8.07. The molecule has 28 heavy (non-hydrogen) atoms. The number of hydrogen-bond donors (Lipinski definition) is 1. The molecule has 0 spiro atoms. The molecule has 2 aromatic heterocycles. The molecule has 1 fully saturated rings. The summed E-state index contributed by atoms with van der Waals surface area (Å²) in [6.07, 6.45) is 4.22. The normalized spacial score (nSPS) is 15.7. The number of nitrogens with zero attached hydrogens (tertiary/aromatic N) is 3. The first-order valence-electron chi connectivity index (χ1n) is 9.70. The fourth-order valence-electron chi connectivity index (χ4n) is 3.68. The summed E-state index contributed by atoms with van der Waals surface area (Å²) in [5, 5.41) is 5.64. The van der Waals surface area contributed by atoms with E-state index in [1.54, 1.807) is 6.07 Å². The summed E-state index contributed by atoms with van der Waals surface area (Å²) in [5.74, 6) is -0.0506. The maximum atomic E-state index is 12.6. The maximum Gasteiger partial charge on any atom is 0.262 e. The number of thiophene rings is 1. The van der Waals surface area contributed by atoms with Crippen molar-refractivity contribution in [1.29, 1.82) is 0 Å². The minimum absolute atomic E-state index is 0.0407.